The van der Waals surface area contributed by atoms with Crippen molar-refractivity contribution in [2.24, 2.45) is 0 Å². The SMILES string of the molecule is CCC(CCOCCC#N)c1ccccc1. The summed E-state index contributed by atoms with van der Waals surface area (Å²) in [5.74, 6) is 0.572. The van der Waals surface area contributed by atoms with Crippen molar-refractivity contribution in [1.82, 2.24) is 0 Å². The van der Waals surface area contributed by atoms with Gasteiger partial charge in [-0.05, 0) is 24.3 Å². The third kappa shape index (κ3) is 4.46. The Bertz CT molecular complexity index is 315. The number of nitrogens with zero attached hydrogens (tertiary/aromatic N) is 1. The van der Waals surface area contributed by atoms with Crippen molar-refractivity contribution in [3.8, 4) is 6.07 Å². The lowest BCUT2D eigenvalue weighted by Gasteiger charge is -2.14. The van der Waals surface area contributed by atoms with Crippen LogP contribution in [0.1, 0.15) is 37.7 Å². The first kappa shape index (κ1) is 12.7. The minimum Gasteiger partial charge on any atom is -0.380 e. The molecule has 0 aliphatic carbocycles. The highest BCUT2D eigenvalue weighted by Crippen LogP contribution is 2.22. The molecule has 1 aromatic carbocycles. The predicted molar refractivity (Wildman–Crippen MR) is 65.1 cm³/mol. The molecule has 16 heavy (non-hydrogen) atoms. The lowest BCUT2D eigenvalue weighted by atomic mass is 9.94. The molecule has 1 aromatic rings. The summed E-state index contributed by atoms with van der Waals surface area (Å²) >= 11 is 0. The summed E-state index contributed by atoms with van der Waals surface area (Å²) < 4.78 is 5.41. The molecule has 1 rings (SSSR count). The van der Waals surface area contributed by atoms with Gasteiger partial charge in [-0.3, -0.25) is 0 Å². The Kier molecular flexibility index (Phi) is 6.29. The van der Waals surface area contributed by atoms with Crippen molar-refractivity contribution < 1.29 is 4.74 Å². The van der Waals surface area contributed by atoms with E-state index < -0.39 is 0 Å². The molecule has 0 saturated carbocycles. The molecule has 86 valence electrons. The van der Waals surface area contributed by atoms with Crippen molar-refractivity contribution in [1.29, 1.82) is 5.26 Å². The molecule has 0 amide bonds. The van der Waals surface area contributed by atoms with Crippen LogP contribution in [0.5, 0.6) is 0 Å². The van der Waals surface area contributed by atoms with Crippen molar-refractivity contribution in [2.45, 2.75) is 32.1 Å². The molecule has 0 N–H and O–H groups in total. The lowest BCUT2D eigenvalue weighted by Crippen LogP contribution is -2.04. The van der Waals surface area contributed by atoms with E-state index in [1.165, 1.54) is 5.56 Å². The largest absolute Gasteiger partial charge is 0.380 e. The smallest absolute Gasteiger partial charge is 0.0645 e. The highest BCUT2D eigenvalue weighted by molar-refractivity contribution is 5.19. The Balaban J connectivity index is 2.31. The van der Waals surface area contributed by atoms with Crippen LogP contribution in [0.25, 0.3) is 0 Å². The fourth-order valence-corrected chi connectivity index (χ4v) is 1.78. The molecule has 0 aliphatic rings. The number of hydrogen-bond donors (Lipinski definition) is 0. The van der Waals surface area contributed by atoms with Gasteiger partial charge in [0.05, 0.1) is 19.1 Å². The molecule has 2 nitrogen and oxygen atoms in total. The van der Waals surface area contributed by atoms with Crippen LogP contribution in [0, 0.1) is 11.3 Å². The summed E-state index contributed by atoms with van der Waals surface area (Å²) in [4.78, 5) is 0. The quantitative estimate of drug-likeness (QED) is 0.655. The third-order valence-corrected chi connectivity index (χ3v) is 2.73. The maximum absolute atomic E-state index is 8.37. The zero-order valence-electron chi connectivity index (χ0n) is 9.86. The van der Waals surface area contributed by atoms with E-state index in [-0.39, 0.29) is 0 Å². The van der Waals surface area contributed by atoms with E-state index in [1.54, 1.807) is 0 Å². The molecule has 0 aromatic heterocycles. The second kappa shape index (κ2) is 7.90. The zero-order valence-corrected chi connectivity index (χ0v) is 9.86. The highest BCUT2D eigenvalue weighted by atomic mass is 16.5. The first-order valence-electron chi connectivity index (χ1n) is 5.88. The summed E-state index contributed by atoms with van der Waals surface area (Å²) in [5, 5.41) is 8.37. The van der Waals surface area contributed by atoms with E-state index >= 15 is 0 Å². The summed E-state index contributed by atoms with van der Waals surface area (Å²) in [5.41, 5.74) is 1.38. The Morgan fingerprint density at radius 1 is 1.25 bits per heavy atom. The van der Waals surface area contributed by atoms with E-state index in [1.807, 2.05) is 6.07 Å². The van der Waals surface area contributed by atoms with Crippen molar-refractivity contribution in [3.63, 3.8) is 0 Å². The molecule has 0 fully saturated rings. The number of rotatable bonds is 7. The van der Waals surface area contributed by atoms with Crippen LogP contribution in [0.3, 0.4) is 0 Å². The number of nitriles is 1. The fraction of sp³-hybridized carbons (Fsp3) is 0.500. The van der Waals surface area contributed by atoms with Gasteiger partial charge in [-0.1, -0.05) is 37.3 Å². The van der Waals surface area contributed by atoms with Crippen LogP contribution < -0.4 is 0 Å². The maximum atomic E-state index is 8.37. The Morgan fingerprint density at radius 3 is 2.62 bits per heavy atom. The van der Waals surface area contributed by atoms with Crippen LogP contribution in [-0.2, 0) is 4.74 Å². The van der Waals surface area contributed by atoms with Gasteiger partial charge in [0.25, 0.3) is 0 Å². The van der Waals surface area contributed by atoms with Gasteiger partial charge in [-0.15, -0.1) is 0 Å². The third-order valence-electron chi connectivity index (χ3n) is 2.73. The van der Waals surface area contributed by atoms with Crippen LogP contribution in [0.2, 0.25) is 0 Å². The van der Waals surface area contributed by atoms with Crippen molar-refractivity contribution in [3.05, 3.63) is 35.9 Å². The Labute approximate surface area is 97.9 Å². The topological polar surface area (TPSA) is 33.0 Å². The Hall–Kier alpha value is -1.33. The second-order valence-corrected chi connectivity index (χ2v) is 3.83. The summed E-state index contributed by atoms with van der Waals surface area (Å²) in [6, 6.07) is 12.6. The number of ether oxygens (including phenoxy) is 1. The standard InChI is InChI=1S/C14H19NO/c1-2-13(9-12-16-11-6-10-15)14-7-4-3-5-8-14/h3-5,7-8,13H,2,6,9,11-12H2,1H3. The normalized spacial score (nSPS) is 12.0. The zero-order chi connectivity index (χ0) is 11.6. The molecular weight excluding hydrogens is 198 g/mol. The van der Waals surface area contributed by atoms with Crippen LogP contribution in [0.4, 0.5) is 0 Å². The molecule has 0 aliphatic heterocycles. The molecule has 1 unspecified atom stereocenters. The summed E-state index contributed by atoms with van der Waals surface area (Å²) in [6.45, 7) is 3.50. The molecule has 0 heterocycles. The Morgan fingerprint density at radius 2 is 2.00 bits per heavy atom. The van der Waals surface area contributed by atoms with Gasteiger partial charge in [-0.2, -0.15) is 5.26 Å². The van der Waals surface area contributed by atoms with Crippen molar-refractivity contribution in [2.75, 3.05) is 13.2 Å². The van der Waals surface area contributed by atoms with E-state index in [4.69, 9.17) is 10.00 Å². The second-order valence-electron chi connectivity index (χ2n) is 3.83. The van der Waals surface area contributed by atoms with E-state index in [9.17, 15) is 0 Å². The van der Waals surface area contributed by atoms with Gasteiger partial charge >= 0.3 is 0 Å². The van der Waals surface area contributed by atoms with E-state index in [0.717, 1.165) is 19.4 Å². The molecule has 1 atom stereocenters. The minimum atomic E-state index is 0.488. The summed E-state index contributed by atoms with van der Waals surface area (Å²) in [6.07, 6.45) is 2.65. The van der Waals surface area contributed by atoms with E-state index in [2.05, 4.69) is 37.3 Å². The summed E-state index contributed by atoms with van der Waals surface area (Å²) in [7, 11) is 0. The van der Waals surface area contributed by atoms with Gasteiger partial charge in [0, 0.05) is 6.61 Å². The molecule has 0 bridgehead atoms. The molecule has 0 saturated heterocycles. The average Bonchev–Trinajstić information content (AvgIpc) is 2.35. The minimum absolute atomic E-state index is 0.488. The molecule has 2 heteroatoms. The van der Waals surface area contributed by atoms with Crippen LogP contribution in [0.15, 0.2) is 30.3 Å². The van der Waals surface area contributed by atoms with Gasteiger partial charge in [0.1, 0.15) is 0 Å². The average molecular weight is 217 g/mol. The van der Waals surface area contributed by atoms with Gasteiger partial charge in [-0.25, -0.2) is 0 Å². The maximum Gasteiger partial charge on any atom is 0.0645 e. The highest BCUT2D eigenvalue weighted by Gasteiger charge is 2.08. The number of benzene rings is 1. The van der Waals surface area contributed by atoms with E-state index in [0.29, 0.717) is 18.9 Å². The van der Waals surface area contributed by atoms with Crippen LogP contribution >= 0.6 is 0 Å². The first-order chi connectivity index (χ1) is 7.88. The van der Waals surface area contributed by atoms with Gasteiger partial charge < -0.3 is 4.74 Å². The molecule has 0 radical (unpaired) electrons. The van der Waals surface area contributed by atoms with Gasteiger partial charge in [0.2, 0.25) is 0 Å². The number of hydrogen-bond acceptors (Lipinski definition) is 2. The fourth-order valence-electron chi connectivity index (χ4n) is 1.78. The monoisotopic (exact) mass is 217 g/mol. The first-order valence-corrected chi connectivity index (χ1v) is 5.88. The lowest BCUT2D eigenvalue weighted by molar-refractivity contribution is 0.131. The van der Waals surface area contributed by atoms with Crippen LogP contribution in [-0.4, -0.2) is 13.2 Å². The predicted octanol–water partition coefficient (Wildman–Crippen LogP) is 3.50. The van der Waals surface area contributed by atoms with Crippen molar-refractivity contribution >= 4 is 0 Å². The molecule has 0 spiro atoms. The van der Waals surface area contributed by atoms with Gasteiger partial charge in [0.15, 0.2) is 0 Å². The molecular formula is C14H19NO.